The molecule has 0 atom stereocenters. The Morgan fingerprint density at radius 3 is 2.76 bits per heavy atom. The molecule has 0 bridgehead atoms. The molecule has 1 fully saturated rings. The van der Waals surface area contributed by atoms with E-state index in [4.69, 9.17) is 9.31 Å². The van der Waals surface area contributed by atoms with Crippen LogP contribution < -0.4 is 10.2 Å². The third kappa shape index (κ3) is 3.17. The number of halogens is 2. The average molecular weight is 242 g/mol. The zero-order chi connectivity index (χ0) is 12.5. The van der Waals surface area contributed by atoms with Crippen molar-refractivity contribution in [2.24, 2.45) is 0 Å². The van der Waals surface area contributed by atoms with Crippen molar-refractivity contribution >= 4 is 12.6 Å². The maximum absolute atomic E-state index is 12.1. The van der Waals surface area contributed by atoms with Gasteiger partial charge in [-0.15, -0.1) is 0 Å². The molecule has 0 aromatic heterocycles. The maximum Gasteiger partial charge on any atom is 0.494 e. The number of alkyl halides is 2. The zero-order valence-corrected chi connectivity index (χ0v) is 9.65. The predicted molar refractivity (Wildman–Crippen MR) is 59.6 cm³/mol. The van der Waals surface area contributed by atoms with E-state index >= 15 is 0 Å². The number of hydrogen-bond acceptors (Lipinski definition) is 3. The highest BCUT2D eigenvalue weighted by Crippen LogP contribution is 2.20. The number of benzene rings is 1. The number of rotatable bonds is 3. The minimum atomic E-state index is -2.83. The summed E-state index contributed by atoms with van der Waals surface area (Å²) >= 11 is 0. The van der Waals surface area contributed by atoms with Crippen LogP contribution >= 0.6 is 0 Å². The smallest absolute Gasteiger partial charge is 0.435 e. The molecule has 1 heterocycles. The minimum Gasteiger partial charge on any atom is -0.435 e. The van der Waals surface area contributed by atoms with Gasteiger partial charge >= 0.3 is 13.7 Å². The Hall–Kier alpha value is -1.14. The summed E-state index contributed by atoms with van der Waals surface area (Å²) in [5.74, 6) is 0.106. The van der Waals surface area contributed by atoms with Gasteiger partial charge in [0.2, 0.25) is 0 Å². The van der Waals surface area contributed by atoms with Gasteiger partial charge in [0.15, 0.2) is 0 Å². The van der Waals surface area contributed by atoms with Crippen LogP contribution in [-0.4, -0.2) is 25.9 Å². The van der Waals surface area contributed by atoms with Crippen molar-refractivity contribution < 1.29 is 22.8 Å². The molecule has 1 aromatic rings. The van der Waals surface area contributed by atoms with Gasteiger partial charge in [-0.2, -0.15) is 8.78 Å². The van der Waals surface area contributed by atoms with Gasteiger partial charge in [-0.3, -0.25) is 0 Å². The Bertz CT molecular complexity index is 398. The molecular formula is C11H13BF2O3. The van der Waals surface area contributed by atoms with Crippen molar-refractivity contribution in [1.82, 2.24) is 0 Å². The van der Waals surface area contributed by atoms with Crippen LogP contribution in [0.2, 0.25) is 0 Å². The second kappa shape index (κ2) is 4.62. The topological polar surface area (TPSA) is 27.7 Å². The molecule has 1 saturated heterocycles. The van der Waals surface area contributed by atoms with E-state index in [9.17, 15) is 8.78 Å². The van der Waals surface area contributed by atoms with Crippen LogP contribution in [0.25, 0.3) is 0 Å². The van der Waals surface area contributed by atoms with Crippen LogP contribution in [0.3, 0.4) is 0 Å². The summed E-state index contributed by atoms with van der Waals surface area (Å²) < 4.78 is 39.5. The molecule has 0 N–H and O–H groups in total. The zero-order valence-electron chi connectivity index (χ0n) is 9.65. The van der Waals surface area contributed by atoms with Gasteiger partial charge in [0, 0.05) is 0 Å². The number of hydrogen-bond donors (Lipinski definition) is 0. The van der Waals surface area contributed by atoms with E-state index in [1.165, 1.54) is 12.1 Å². The monoisotopic (exact) mass is 242 g/mol. The molecule has 0 amide bonds. The largest absolute Gasteiger partial charge is 0.494 e. The highest BCUT2D eigenvalue weighted by molar-refractivity contribution is 6.61. The molecule has 3 nitrogen and oxygen atoms in total. The van der Waals surface area contributed by atoms with E-state index in [0.717, 1.165) is 0 Å². The Kier molecular flexibility index (Phi) is 3.35. The van der Waals surface area contributed by atoms with Gasteiger partial charge in [-0.1, -0.05) is 12.1 Å². The van der Waals surface area contributed by atoms with Crippen LogP contribution in [-0.2, 0) is 9.31 Å². The Balaban J connectivity index is 2.11. The van der Waals surface area contributed by atoms with Gasteiger partial charge in [0.25, 0.3) is 0 Å². The summed E-state index contributed by atoms with van der Waals surface area (Å²) in [7, 11) is -0.522. The molecule has 92 valence electrons. The van der Waals surface area contributed by atoms with Crippen molar-refractivity contribution in [3.05, 3.63) is 24.3 Å². The molecule has 17 heavy (non-hydrogen) atoms. The van der Waals surface area contributed by atoms with E-state index in [-0.39, 0.29) is 11.4 Å². The van der Waals surface area contributed by atoms with Gasteiger partial charge < -0.3 is 14.0 Å². The molecule has 2 rings (SSSR count). The van der Waals surface area contributed by atoms with Crippen molar-refractivity contribution in [3.63, 3.8) is 0 Å². The third-order valence-corrected chi connectivity index (χ3v) is 2.36. The Morgan fingerprint density at radius 2 is 2.18 bits per heavy atom. The second-order valence-electron chi connectivity index (χ2n) is 4.47. The minimum absolute atomic E-state index is 0.106. The van der Waals surface area contributed by atoms with E-state index in [0.29, 0.717) is 12.1 Å². The van der Waals surface area contributed by atoms with Crippen molar-refractivity contribution in [2.45, 2.75) is 26.1 Å². The van der Waals surface area contributed by atoms with Crippen molar-refractivity contribution in [3.8, 4) is 5.75 Å². The molecule has 0 saturated carbocycles. The lowest BCUT2D eigenvalue weighted by Crippen LogP contribution is -2.34. The standard InChI is InChI=1S/C11H13BF2O3/c1-11(2)7-15-12(17-11)8-4-3-5-9(6-8)16-10(13)14/h3-6,10H,7H2,1-2H3. The highest BCUT2D eigenvalue weighted by Gasteiger charge is 2.38. The SMILES string of the molecule is CC1(C)COB(c2cccc(OC(F)F)c2)O1. The van der Waals surface area contributed by atoms with E-state index in [2.05, 4.69) is 4.74 Å². The first-order valence-corrected chi connectivity index (χ1v) is 5.30. The first-order valence-electron chi connectivity index (χ1n) is 5.30. The van der Waals surface area contributed by atoms with E-state index in [1.807, 2.05) is 13.8 Å². The molecule has 0 aliphatic carbocycles. The van der Waals surface area contributed by atoms with Crippen molar-refractivity contribution in [1.29, 1.82) is 0 Å². The van der Waals surface area contributed by atoms with Gasteiger partial charge in [-0.05, 0) is 31.4 Å². The summed E-state index contributed by atoms with van der Waals surface area (Å²) in [6.07, 6.45) is 0. The summed E-state index contributed by atoms with van der Waals surface area (Å²) in [6.45, 7) is 1.46. The van der Waals surface area contributed by atoms with Crippen LogP contribution in [0.5, 0.6) is 5.75 Å². The Labute approximate surface area is 98.8 Å². The van der Waals surface area contributed by atoms with Crippen LogP contribution in [0, 0.1) is 0 Å². The fourth-order valence-corrected chi connectivity index (χ4v) is 1.64. The van der Waals surface area contributed by atoms with E-state index < -0.39 is 13.7 Å². The lowest BCUT2D eigenvalue weighted by molar-refractivity contribution is -0.0498. The number of ether oxygens (including phenoxy) is 1. The molecule has 0 unspecified atom stereocenters. The van der Waals surface area contributed by atoms with Crippen molar-refractivity contribution in [2.75, 3.05) is 6.61 Å². The molecule has 0 radical (unpaired) electrons. The first kappa shape index (κ1) is 12.3. The molecular weight excluding hydrogens is 229 g/mol. The molecule has 6 heteroatoms. The fraction of sp³-hybridized carbons (Fsp3) is 0.455. The van der Waals surface area contributed by atoms with Crippen LogP contribution in [0.15, 0.2) is 24.3 Å². The third-order valence-electron chi connectivity index (χ3n) is 2.36. The highest BCUT2D eigenvalue weighted by atomic mass is 19.3. The quantitative estimate of drug-likeness (QED) is 0.756. The molecule has 1 aliphatic rings. The van der Waals surface area contributed by atoms with Crippen LogP contribution in [0.4, 0.5) is 8.78 Å². The maximum atomic E-state index is 12.1. The normalized spacial score (nSPS) is 18.8. The van der Waals surface area contributed by atoms with Gasteiger partial charge in [-0.25, -0.2) is 0 Å². The average Bonchev–Trinajstić information content (AvgIpc) is 2.58. The summed E-state index contributed by atoms with van der Waals surface area (Å²) in [5, 5.41) is 0. The fourth-order valence-electron chi connectivity index (χ4n) is 1.64. The van der Waals surface area contributed by atoms with Gasteiger partial charge in [0.1, 0.15) is 5.75 Å². The van der Waals surface area contributed by atoms with Crippen LogP contribution in [0.1, 0.15) is 13.8 Å². The molecule has 1 aliphatic heterocycles. The lowest BCUT2D eigenvalue weighted by Gasteiger charge is -2.15. The van der Waals surface area contributed by atoms with E-state index in [1.54, 1.807) is 12.1 Å². The predicted octanol–water partition coefficient (Wildman–Crippen LogP) is 1.81. The summed E-state index contributed by atoms with van der Waals surface area (Å²) in [5.41, 5.74) is 0.318. The first-order chi connectivity index (χ1) is 7.96. The molecule has 1 aromatic carbocycles. The Morgan fingerprint density at radius 1 is 1.41 bits per heavy atom. The van der Waals surface area contributed by atoms with Gasteiger partial charge in [0.05, 0.1) is 12.2 Å². The molecule has 0 spiro atoms. The second-order valence-corrected chi connectivity index (χ2v) is 4.47. The summed E-state index contributed by atoms with van der Waals surface area (Å²) in [6, 6.07) is 6.35. The summed E-state index contributed by atoms with van der Waals surface area (Å²) in [4.78, 5) is 0. The lowest BCUT2D eigenvalue weighted by atomic mass is 9.79.